The highest BCUT2D eigenvalue weighted by molar-refractivity contribution is 6.03. The SMILES string of the molecule is CC1CC(c2ccnn2C)=NN=C1N. The van der Waals surface area contributed by atoms with Crippen LogP contribution in [0.5, 0.6) is 0 Å². The van der Waals surface area contributed by atoms with Crippen LogP contribution in [0.3, 0.4) is 0 Å². The number of aryl methyl sites for hydroxylation is 1. The monoisotopic (exact) mass is 191 g/mol. The van der Waals surface area contributed by atoms with Crippen molar-refractivity contribution in [2.45, 2.75) is 13.3 Å². The number of amidine groups is 1. The fourth-order valence-electron chi connectivity index (χ4n) is 1.46. The van der Waals surface area contributed by atoms with Gasteiger partial charge in [-0.05, 0) is 6.07 Å². The Bertz CT molecular complexity index is 401. The molecule has 5 heteroatoms. The zero-order chi connectivity index (χ0) is 10.1. The molecule has 0 radical (unpaired) electrons. The summed E-state index contributed by atoms with van der Waals surface area (Å²) in [5, 5.41) is 12.1. The number of aromatic nitrogens is 2. The number of rotatable bonds is 1. The van der Waals surface area contributed by atoms with Crippen molar-refractivity contribution < 1.29 is 0 Å². The molecule has 1 aliphatic rings. The molecule has 1 aromatic rings. The maximum Gasteiger partial charge on any atom is 0.125 e. The van der Waals surface area contributed by atoms with Crippen LogP contribution in [-0.4, -0.2) is 21.3 Å². The molecule has 0 aromatic carbocycles. The third-order valence-corrected chi connectivity index (χ3v) is 2.41. The number of hydrogen-bond donors (Lipinski definition) is 1. The molecule has 2 heterocycles. The minimum atomic E-state index is 0.261. The van der Waals surface area contributed by atoms with Gasteiger partial charge in [-0.25, -0.2) is 0 Å². The summed E-state index contributed by atoms with van der Waals surface area (Å²) in [6.07, 6.45) is 2.58. The topological polar surface area (TPSA) is 68.6 Å². The second-order valence-electron chi connectivity index (χ2n) is 3.52. The van der Waals surface area contributed by atoms with E-state index in [1.807, 2.05) is 20.0 Å². The van der Waals surface area contributed by atoms with Crippen LogP contribution < -0.4 is 5.73 Å². The Morgan fingerprint density at radius 1 is 1.50 bits per heavy atom. The average molecular weight is 191 g/mol. The van der Waals surface area contributed by atoms with Crippen molar-refractivity contribution in [2.75, 3.05) is 0 Å². The van der Waals surface area contributed by atoms with Gasteiger partial charge in [0.05, 0.1) is 11.4 Å². The summed E-state index contributed by atoms with van der Waals surface area (Å²) in [5.74, 6) is 0.869. The number of nitrogens with two attached hydrogens (primary N) is 1. The highest BCUT2D eigenvalue weighted by Gasteiger charge is 2.18. The first-order valence-electron chi connectivity index (χ1n) is 4.56. The van der Waals surface area contributed by atoms with E-state index in [0.29, 0.717) is 5.84 Å². The summed E-state index contributed by atoms with van der Waals surface area (Å²) in [7, 11) is 1.89. The van der Waals surface area contributed by atoms with E-state index < -0.39 is 0 Å². The Morgan fingerprint density at radius 3 is 2.86 bits per heavy atom. The van der Waals surface area contributed by atoms with Gasteiger partial charge in [0.2, 0.25) is 0 Å². The van der Waals surface area contributed by atoms with Gasteiger partial charge in [0.15, 0.2) is 0 Å². The van der Waals surface area contributed by atoms with Crippen molar-refractivity contribution in [3.8, 4) is 0 Å². The number of hydrogen-bond acceptors (Lipinski definition) is 4. The third kappa shape index (κ3) is 1.41. The lowest BCUT2D eigenvalue weighted by Crippen LogP contribution is -2.27. The molecule has 0 aliphatic carbocycles. The average Bonchev–Trinajstić information content (AvgIpc) is 2.57. The van der Waals surface area contributed by atoms with Gasteiger partial charge in [0.25, 0.3) is 0 Å². The number of nitrogens with zero attached hydrogens (tertiary/aromatic N) is 4. The lowest BCUT2D eigenvalue weighted by atomic mass is 10.0. The van der Waals surface area contributed by atoms with Crippen molar-refractivity contribution in [2.24, 2.45) is 28.9 Å². The van der Waals surface area contributed by atoms with Crippen LogP contribution in [0.15, 0.2) is 22.5 Å². The summed E-state index contributed by atoms with van der Waals surface area (Å²) in [4.78, 5) is 0. The normalized spacial score (nSPS) is 21.7. The molecule has 0 amide bonds. The van der Waals surface area contributed by atoms with Crippen molar-refractivity contribution in [1.29, 1.82) is 0 Å². The maximum atomic E-state index is 5.65. The largest absolute Gasteiger partial charge is 0.385 e. The van der Waals surface area contributed by atoms with Crippen LogP contribution >= 0.6 is 0 Å². The van der Waals surface area contributed by atoms with Gasteiger partial charge in [-0.1, -0.05) is 6.92 Å². The minimum absolute atomic E-state index is 0.261. The molecule has 74 valence electrons. The van der Waals surface area contributed by atoms with Crippen molar-refractivity contribution in [3.63, 3.8) is 0 Å². The Labute approximate surface area is 82.3 Å². The van der Waals surface area contributed by atoms with Gasteiger partial charge in [-0.2, -0.15) is 10.2 Å². The van der Waals surface area contributed by atoms with E-state index in [0.717, 1.165) is 17.8 Å². The molecule has 5 nitrogen and oxygen atoms in total. The van der Waals surface area contributed by atoms with Crippen LogP contribution in [0.2, 0.25) is 0 Å². The summed E-state index contributed by atoms with van der Waals surface area (Å²) in [6.45, 7) is 2.05. The van der Waals surface area contributed by atoms with E-state index in [2.05, 4.69) is 15.3 Å². The van der Waals surface area contributed by atoms with E-state index in [9.17, 15) is 0 Å². The second-order valence-corrected chi connectivity index (χ2v) is 3.52. The molecule has 0 bridgehead atoms. The molecule has 1 aliphatic heterocycles. The van der Waals surface area contributed by atoms with Crippen LogP contribution in [0.25, 0.3) is 0 Å². The molecular weight excluding hydrogens is 178 g/mol. The van der Waals surface area contributed by atoms with Crippen molar-refractivity contribution in [1.82, 2.24) is 9.78 Å². The van der Waals surface area contributed by atoms with E-state index in [-0.39, 0.29) is 5.92 Å². The van der Waals surface area contributed by atoms with Crippen molar-refractivity contribution >= 4 is 11.5 Å². The summed E-state index contributed by atoms with van der Waals surface area (Å²) >= 11 is 0. The fraction of sp³-hybridized carbons (Fsp3) is 0.444. The predicted octanol–water partition coefficient (Wildman–Crippen LogP) is 0.521. The van der Waals surface area contributed by atoms with Gasteiger partial charge in [-0.3, -0.25) is 4.68 Å². The Morgan fingerprint density at radius 2 is 2.29 bits per heavy atom. The quantitative estimate of drug-likeness (QED) is 0.703. The second kappa shape index (κ2) is 3.25. The van der Waals surface area contributed by atoms with Gasteiger partial charge in [0, 0.05) is 25.6 Å². The van der Waals surface area contributed by atoms with E-state index in [1.165, 1.54) is 0 Å². The van der Waals surface area contributed by atoms with E-state index in [1.54, 1.807) is 10.9 Å². The molecule has 0 saturated heterocycles. The van der Waals surface area contributed by atoms with Crippen LogP contribution in [0, 0.1) is 5.92 Å². The molecule has 14 heavy (non-hydrogen) atoms. The summed E-state index contributed by atoms with van der Waals surface area (Å²) in [6, 6.07) is 1.93. The molecule has 2 N–H and O–H groups in total. The van der Waals surface area contributed by atoms with E-state index in [4.69, 9.17) is 5.73 Å². The zero-order valence-corrected chi connectivity index (χ0v) is 8.31. The predicted molar refractivity (Wildman–Crippen MR) is 55.1 cm³/mol. The highest BCUT2D eigenvalue weighted by Crippen LogP contribution is 2.14. The lowest BCUT2D eigenvalue weighted by molar-refractivity contribution is 0.735. The molecular formula is C9H13N5. The Balaban J connectivity index is 2.34. The first-order valence-corrected chi connectivity index (χ1v) is 4.56. The minimum Gasteiger partial charge on any atom is -0.385 e. The zero-order valence-electron chi connectivity index (χ0n) is 8.31. The third-order valence-electron chi connectivity index (χ3n) is 2.41. The molecule has 0 saturated carbocycles. The van der Waals surface area contributed by atoms with Crippen LogP contribution in [0.4, 0.5) is 0 Å². The molecule has 2 rings (SSSR count). The Kier molecular flexibility index (Phi) is 2.07. The van der Waals surface area contributed by atoms with Crippen molar-refractivity contribution in [3.05, 3.63) is 18.0 Å². The molecule has 1 atom stereocenters. The fourth-order valence-corrected chi connectivity index (χ4v) is 1.46. The summed E-state index contributed by atoms with van der Waals surface area (Å²) < 4.78 is 1.79. The van der Waals surface area contributed by atoms with Gasteiger partial charge >= 0.3 is 0 Å². The molecule has 1 unspecified atom stereocenters. The standard InChI is InChI=1S/C9H13N5/c1-6-5-7(12-13-9(6)10)8-3-4-11-14(8)2/h3-4,6H,5H2,1-2H3,(H2,10,13). The lowest BCUT2D eigenvalue weighted by Gasteiger charge is -2.15. The Hall–Kier alpha value is -1.65. The molecule has 0 fully saturated rings. The molecule has 1 aromatic heterocycles. The van der Waals surface area contributed by atoms with E-state index >= 15 is 0 Å². The first kappa shape index (κ1) is 8.93. The molecule has 0 spiro atoms. The summed E-state index contributed by atoms with van der Waals surface area (Å²) in [5.41, 5.74) is 7.61. The van der Waals surface area contributed by atoms with Crippen LogP contribution in [-0.2, 0) is 7.05 Å². The van der Waals surface area contributed by atoms with Gasteiger partial charge < -0.3 is 5.73 Å². The van der Waals surface area contributed by atoms with Gasteiger partial charge in [-0.15, -0.1) is 5.10 Å². The van der Waals surface area contributed by atoms with Gasteiger partial charge in [0.1, 0.15) is 5.84 Å². The van der Waals surface area contributed by atoms with Crippen LogP contribution in [0.1, 0.15) is 19.0 Å². The smallest absolute Gasteiger partial charge is 0.125 e. The maximum absolute atomic E-state index is 5.65. The first-order chi connectivity index (χ1) is 6.68. The highest BCUT2D eigenvalue weighted by atomic mass is 15.3.